The molecule has 5 heteroatoms. The summed E-state index contributed by atoms with van der Waals surface area (Å²) in [5.41, 5.74) is 2.32. The van der Waals surface area contributed by atoms with Gasteiger partial charge in [0.05, 0.1) is 11.3 Å². The molecule has 2 aromatic carbocycles. The van der Waals surface area contributed by atoms with Gasteiger partial charge in [-0.3, -0.25) is 4.79 Å². The van der Waals surface area contributed by atoms with Crippen LogP contribution >= 0.6 is 11.8 Å². The van der Waals surface area contributed by atoms with Gasteiger partial charge >= 0.3 is 0 Å². The Bertz CT molecular complexity index is 796. The molecule has 0 aromatic heterocycles. The molecule has 2 aliphatic heterocycles. The van der Waals surface area contributed by atoms with Crippen molar-refractivity contribution in [2.24, 2.45) is 5.92 Å². The zero-order chi connectivity index (χ0) is 18.1. The van der Waals surface area contributed by atoms with Crippen molar-refractivity contribution >= 4 is 17.7 Å². The Labute approximate surface area is 158 Å². The molecule has 2 unspecified atom stereocenters. The number of hydrogen-bond acceptors (Lipinski definition) is 4. The zero-order valence-electron chi connectivity index (χ0n) is 15.0. The summed E-state index contributed by atoms with van der Waals surface area (Å²) in [6, 6.07) is 14.2. The Morgan fingerprint density at radius 3 is 2.65 bits per heavy atom. The predicted molar refractivity (Wildman–Crippen MR) is 103 cm³/mol. The molecule has 4 nitrogen and oxygen atoms in total. The standard InChI is InChI=1S/C21H23NO3S/c1-13(2)20(15-7-8-16-17(11-15)25-10-9-24-16)22-21(23)19-12-14-5-3-4-6-18(14)26-19/h3-8,11,13,19-20H,9-10,12H2,1-2H3,(H,22,23). The maximum Gasteiger partial charge on any atom is 0.234 e. The van der Waals surface area contributed by atoms with Gasteiger partial charge in [-0.15, -0.1) is 11.8 Å². The lowest BCUT2D eigenvalue weighted by atomic mass is 9.95. The van der Waals surface area contributed by atoms with E-state index in [1.165, 1.54) is 10.5 Å². The molecular weight excluding hydrogens is 346 g/mol. The Hall–Kier alpha value is -2.14. The summed E-state index contributed by atoms with van der Waals surface area (Å²) in [4.78, 5) is 14.1. The maximum absolute atomic E-state index is 12.9. The van der Waals surface area contributed by atoms with Gasteiger partial charge in [0.2, 0.25) is 5.91 Å². The second-order valence-electron chi connectivity index (χ2n) is 7.05. The third-order valence-electron chi connectivity index (χ3n) is 4.83. The molecule has 0 aliphatic carbocycles. The number of fused-ring (bicyclic) bond motifs is 2. The topological polar surface area (TPSA) is 47.6 Å². The second-order valence-corrected chi connectivity index (χ2v) is 8.30. The number of nitrogens with one attached hydrogen (secondary N) is 1. The molecule has 136 valence electrons. The van der Waals surface area contributed by atoms with Crippen LogP contribution < -0.4 is 14.8 Å². The van der Waals surface area contributed by atoms with Crippen LogP contribution in [0.2, 0.25) is 0 Å². The Morgan fingerprint density at radius 1 is 1.12 bits per heavy atom. The summed E-state index contributed by atoms with van der Waals surface area (Å²) < 4.78 is 11.3. The van der Waals surface area contributed by atoms with E-state index in [1.807, 2.05) is 30.3 Å². The van der Waals surface area contributed by atoms with Gasteiger partial charge in [0.1, 0.15) is 13.2 Å². The molecule has 0 spiro atoms. The van der Waals surface area contributed by atoms with Crippen molar-refractivity contribution in [2.75, 3.05) is 13.2 Å². The van der Waals surface area contributed by atoms with E-state index < -0.39 is 0 Å². The Morgan fingerprint density at radius 2 is 1.88 bits per heavy atom. The summed E-state index contributed by atoms with van der Waals surface area (Å²) in [6.07, 6.45) is 0.790. The molecular formula is C21H23NO3S. The summed E-state index contributed by atoms with van der Waals surface area (Å²) in [5, 5.41) is 3.20. The number of rotatable bonds is 4. The second kappa shape index (κ2) is 7.23. The Kier molecular flexibility index (Phi) is 4.81. The first kappa shape index (κ1) is 17.3. The third kappa shape index (κ3) is 3.40. The molecule has 0 radical (unpaired) electrons. The number of carbonyl (C=O) groups is 1. The van der Waals surface area contributed by atoms with Crippen LogP contribution in [0.5, 0.6) is 11.5 Å². The molecule has 0 bridgehead atoms. The van der Waals surface area contributed by atoms with E-state index >= 15 is 0 Å². The minimum atomic E-state index is -0.0640. The zero-order valence-corrected chi connectivity index (χ0v) is 15.8. The van der Waals surface area contributed by atoms with Crippen LogP contribution in [0.25, 0.3) is 0 Å². The van der Waals surface area contributed by atoms with E-state index in [4.69, 9.17) is 9.47 Å². The van der Waals surface area contributed by atoms with E-state index in [1.54, 1.807) is 11.8 Å². The van der Waals surface area contributed by atoms with Crippen molar-refractivity contribution in [1.82, 2.24) is 5.32 Å². The van der Waals surface area contributed by atoms with Crippen LogP contribution in [-0.4, -0.2) is 24.4 Å². The fraction of sp³-hybridized carbons (Fsp3) is 0.381. The van der Waals surface area contributed by atoms with Crippen molar-refractivity contribution in [3.63, 3.8) is 0 Å². The fourth-order valence-electron chi connectivity index (χ4n) is 3.46. The summed E-state index contributed by atoms with van der Waals surface area (Å²) >= 11 is 1.66. The lowest BCUT2D eigenvalue weighted by Gasteiger charge is -2.26. The number of benzene rings is 2. The summed E-state index contributed by atoms with van der Waals surface area (Å²) in [6.45, 7) is 5.39. The van der Waals surface area contributed by atoms with Crippen molar-refractivity contribution in [3.8, 4) is 11.5 Å². The van der Waals surface area contributed by atoms with E-state index in [2.05, 4.69) is 31.3 Å². The van der Waals surface area contributed by atoms with E-state index in [0.29, 0.717) is 13.2 Å². The largest absolute Gasteiger partial charge is 0.486 e. The number of hydrogen-bond donors (Lipinski definition) is 1. The molecule has 2 aliphatic rings. The van der Waals surface area contributed by atoms with E-state index in [9.17, 15) is 4.79 Å². The number of carbonyl (C=O) groups excluding carboxylic acids is 1. The van der Waals surface area contributed by atoms with Crippen LogP contribution in [-0.2, 0) is 11.2 Å². The summed E-state index contributed by atoms with van der Waals surface area (Å²) in [7, 11) is 0. The first-order valence-electron chi connectivity index (χ1n) is 9.06. The Balaban J connectivity index is 1.50. The van der Waals surface area contributed by atoms with Crippen LogP contribution in [0.15, 0.2) is 47.4 Å². The SMILES string of the molecule is CC(C)C(NC(=O)C1Cc2ccccc2S1)c1ccc2c(c1)OCCO2. The van der Waals surface area contributed by atoms with E-state index in [-0.39, 0.29) is 23.1 Å². The third-order valence-corrected chi connectivity index (χ3v) is 6.15. The lowest BCUT2D eigenvalue weighted by molar-refractivity contribution is -0.121. The average molecular weight is 369 g/mol. The molecule has 2 atom stereocenters. The van der Waals surface area contributed by atoms with Crippen LogP contribution in [0, 0.1) is 5.92 Å². The molecule has 26 heavy (non-hydrogen) atoms. The number of thioether (sulfide) groups is 1. The van der Waals surface area contributed by atoms with Crippen LogP contribution in [0.1, 0.15) is 31.0 Å². The average Bonchev–Trinajstić information content (AvgIpc) is 3.09. The molecule has 4 rings (SSSR count). The first-order chi connectivity index (χ1) is 12.6. The highest BCUT2D eigenvalue weighted by atomic mass is 32.2. The van der Waals surface area contributed by atoms with Gasteiger partial charge in [0.25, 0.3) is 0 Å². The monoisotopic (exact) mass is 369 g/mol. The normalized spacial score (nSPS) is 19.1. The molecule has 0 saturated heterocycles. The van der Waals surface area contributed by atoms with Crippen molar-refractivity contribution in [2.45, 2.75) is 36.5 Å². The van der Waals surface area contributed by atoms with Gasteiger partial charge in [0.15, 0.2) is 11.5 Å². The van der Waals surface area contributed by atoms with Crippen molar-refractivity contribution in [1.29, 1.82) is 0 Å². The highest BCUT2D eigenvalue weighted by molar-refractivity contribution is 8.01. The minimum absolute atomic E-state index is 0.0531. The van der Waals surface area contributed by atoms with Crippen LogP contribution in [0.4, 0.5) is 0 Å². The highest BCUT2D eigenvalue weighted by Crippen LogP contribution is 2.38. The molecule has 1 N–H and O–H groups in total. The molecule has 0 fully saturated rings. The first-order valence-corrected chi connectivity index (χ1v) is 9.94. The minimum Gasteiger partial charge on any atom is -0.486 e. The molecule has 2 aromatic rings. The van der Waals surface area contributed by atoms with Crippen molar-refractivity contribution in [3.05, 3.63) is 53.6 Å². The number of amides is 1. The quantitative estimate of drug-likeness (QED) is 0.885. The van der Waals surface area contributed by atoms with Crippen LogP contribution in [0.3, 0.4) is 0 Å². The predicted octanol–water partition coefficient (Wildman–Crippen LogP) is 3.99. The molecule has 0 saturated carbocycles. The molecule has 2 heterocycles. The van der Waals surface area contributed by atoms with Gasteiger partial charge in [-0.1, -0.05) is 38.1 Å². The smallest absolute Gasteiger partial charge is 0.234 e. The van der Waals surface area contributed by atoms with Gasteiger partial charge < -0.3 is 14.8 Å². The lowest BCUT2D eigenvalue weighted by Crippen LogP contribution is -2.37. The summed E-state index contributed by atoms with van der Waals surface area (Å²) in [5.74, 6) is 1.90. The van der Waals surface area contributed by atoms with Gasteiger partial charge in [-0.2, -0.15) is 0 Å². The van der Waals surface area contributed by atoms with Crippen molar-refractivity contribution < 1.29 is 14.3 Å². The van der Waals surface area contributed by atoms with E-state index in [0.717, 1.165) is 23.5 Å². The highest BCUT2D eigenvalue weighted by Gasteiger charge is 2.30. The molecule has 1 amide bonds. The van der Waals surface area contributed by atoms with Gasteiger partial charge in [-0.25, -0.2) is 0 Å². The van der Waals surface area contributed by atoms with Gasteiger partial charge in [0, 0.05) is 4.90 Å². The fourth-order valence-corrected chi connectivity index (χ4v) is 4.67. The van der Waals surface area contributed by atoms with Gasteiger partial charge in [-0.05, 0) is 41.7 Å². The maximum atomic E-state index is 12.9. The number of ether oxygens (including phenoxy) is 2.